The smallest absolute Gasteiger partial charge is 0.269 e. The van der Waals surface area contributed by atoms with Crippen LogP contribution in [0.15, 0.2) is 72.8 Å². The number of rotatable bonds is 6. The Hall–Kier alpha value is -4.17. The normalized spacial score (nSPS) is 12.9. The molecule has 8 nitrogen and oxygen atoms in total. The van der Waals surface area contributed by atoms with Crippen LogP contribution >= 0.6 is 11.6 Å². The lowest BCUT2D eigenvalue weighted by Gasteiger charge is -2.30. The second-order valence-corrected chi connectivity index (χ2v) is 7.69. The lowest BCUT2D eigenvalue weighted by atomic mass is 10.1. The molecule has 0 saturated carbocycles. The Morgan fingerprint density at radius 3 is 2.55 bits per heavy atom. The summed E-state index contributed by atoms with van der Waals surface area (Å²) in [4.78, 5) is 36.7. The van der Waals surface area contributed by atoms with Crippen molar-refractivity contribution < 1.29 is 19.2 Å². The second kappa shape index (κ2) is 9.54. The van der Waals surface area contributed by atoms with Crippen LogP contribution in [0.4, 0.5) is 17.1 Å². The number of non-ortho nitro benzene ring substituents is 1. The maximum Gasteiger partial charge on any atom is 0.269 e. The topological polar surface area (TPSA) is 102 Å². The molecule has 0 radical (unpaired) electrons. The van der Waals surface area contributed by atoms with E-state index >= 15 is 0 Å². The molecule has 1 aliphatic rings. The van der Waals surface area contributed by atoms with Crippen molar-refractivity contribution in [1.82, 2.24) is 0 Å². The van der Waals surface area contributed by atoms with Crippen molar-refractivity contribution in [2.45, 2.75) is 6.54 Å². The van der Waals surface area contributed by atoms with Crippen molar-refractivity contribution in [2.75, 3.05) is 16.8 Å². The fourth-order valence-electron chi connectivity index (χ4n) is 3.29. The van der Waals surface area contributed by atoms with Gasteiger partial charge >= 0.3 is 0 Å². The highest BCUT2D eigenvalue weighted by atomic mass is 35.5. The number of halogens is 1. The van der Waals surface area contributed by atoms with E-state index in [0.717, 1.165) is 5.56 Å². The molecule has 2 amide bonds. The van der Waals surface area contributed by atoms with Gasteiger partial charge in [-0.3, -0.25) is 19.7 Å². The minimum absolute atomic E-state index is 0.0226. The van der Waals surface area contributed by atoms with E-state index in [1.165, 1.54) is 18.2 Å². The standard InChI is InChI=1S/C24H18ClN3O5/c25-18-6-1-17(2-7-18)14-27-21-13-19(8-11-22(21)33-15-24(27)30)26-23(29)12-5-16-3-9-20(10-4-16)28(31)32/h1-13H,14-15H2,(H,26,29)/b12-5+. The number of anilines is 2. The molecule has 33 heavy (non-hydrogen) atoms. The van der Waals surface area contributed by atoms with Gasteiger partial charge in [-0.2, -0.15) is 0 Å². The van der Waals surface area contributed by atoms with Crippen molar-refractivity contribution in [1.29, 1.82) is 0 Å². The van der Waals surface area contributed by atoms with Crippen molar-refractivity contribution in [3.63, 3.8) is 0 Å². The zero-order valence-electron chi connectivity index (χ0n) is 17.2. The summed E-state index contributed by atoms with van der Waals surface area (Å²) in [6, 6.07) is 18.1. The van der Waals surface area contributed by atoms with E-state index in [4.69, 9.17) is 16.3 Å². The van der Waals surface area contributed by atoms with Gasteiger partial charge in [-0.25, -0.2) is 0 Å². The molecule has 1 N–H and O–H groups in total. The summed E-state index contributed by atoms with van der Waals surface area (Å²) in [5.74, 6) is -0.0393. The number of hydrogen-bond donors (Lipinski definition) is 1. The van der Waals surface area contributed by atoms with Crippen LogP contribution in [0, 0.1) is 10.1 Å². The first-order valence-electron chi connectivity index (χ1n) is 9.94. The fraction of sp³-hybridized carbons (Fsp3) is 0.0833. The van der Waals surface area contributed by atoms with E-state index in [-0.39, 0.29) is 24.1 Å². The number of nitrogens with zero attached hydrogens (tertiary/aromatic N) is 2. The third-order valence-corrected chi connectivity index (χ3v) is 5.21. The van der Waals surface area contributed by atoms with Crippen LogP contribution in [0.5, 0.6) is 5.75 Å². The van der Waals surface area contributed by atoms with Crippen LogP contribution in [-0.4, -0.2) is 23.3 Å². The highest BCUT2D eigenvalue weighted by Gasteiger charge is 2.26. The first-order chi connectivity index (χ1) is 15.9. The molecule has 4 rings (SSSR count). The molecule has 0 bridgehead atoms. The molecule has 0 atom stereocenters. The molecular formula is C24H18ClN3O5. The van der Waals surface area contributed by atoms with Crippen LogP contribution in [0.2, 0.25) is 5.02 Å². The summed E-state index contributed by atoms with van der Waals surface area (Å²) >= 11 is 5.94. The average molecular weight is 464 g/mol. The van der Waals surface area contributed by atoms with E-state index in [2.05, 4.69) is 5.32 Å². The average Bonchev–Trinajstić information content (AvgIpc) is 2.81. The van der Waals surface area contributed by atoms with E-state index < -0.39 is 4.92 Å². The van der Waals surface area contributed by atoms with Gasteiger partial charge in [0.15, 0.2) is 6.61 Å². The number of nitro groups is 1. The van der Waals surface area contributed by atoms with Crippen molar-refractivity contribution in [3.05, 3.63) is 99.1 Å². The number of nitro benzene ring substituents is 1. The molecule has 0 fully saturated rings. The van der Waals surface area contributed by atoms with Gasteiger partial charge in [0.2, 0.25) is 5.91 Å². The van der Waals surface area contributed by atoms with E-state index in [9.17, 15) is 19.7 Å². The van der Waals surface area contributed by atoms with Crippen LogP contribution < -0.4 is 15.0 Å². The van der Waals surface area contributed by atoms with Crippen molar-refractivity contribution in [2.24, 2.45) is 0 Å². The fourth-order valence-corrected chi connectivity index (χ4v) is 3.41. The molecule has 1 aliphatic heterocycles. The summed E-state index contributed by atoms with van der Waals surface area (Å²) in [6.07, 6.45) is 2.88. The molecule has 0 spiro atoms. The van der Waals surface area contributed by atoms with E-state index in [0.29, 0.717) is 34.3 Å². The summed E-state index contributed by atoms with van der Waals surface area (Å²) in [5.41, 5.74) is 2.57. The number of amides is 2. The largest absolute Gasteiger partial charge is 0.482 e. The summed E-state index contributed by atoms with van der Waals surface area (Å²) in [6.45, 7) is 0.272. The lowest BCUT2D eigenvalue weighted by molar-refractivity contribution is -0.384. The zero-order valence-corrected chi connectivity index (χ0v) is 18.0. The number of benzene rings is 3. The summed E-state index contributed by atoms with van der Waals surface area (Å²) in [5, 5.41) is 14.1. The minimum Gasteiger partial charge on any atom is -0.482 e. The molecule has 0 aliphatic carbocycles. The van der Waals surface area contributed by atoms with Gasteiger partial charge in [0.05, 0.1) is 17.2 Å². The lowest BCUT2D eigenvalue weighted by Crippen LogP contribution is -2.38. The Morgan fingerprint density at radius 2 is 1.85 bits per heavy atom. The Bertz CT molecular complexity index is 1240. The highest BCUT2D eigenvalue weighted by molar-refractivity contribution is 6.30. The molecule has 0 aromatic heterocycles. The Balaban J connectivity index is 1.48. The van der Waals surface area contributed by atoms with Gasteiger partial charge in [-0.15, -0.1) is 0 Å². The molecule has 0 unspecified atom stereocenters. The monoisotopic (exact) mass is 463 g/mol. The summed E-state index contributed by atoms with van der Waals surface area (Å²) in [7, 11) is 0. The van der Waals surface area contributed by atoms with Crippen LogP contribution in [0.1, 0.15) is 11.1 Å². The third-order valence-electron chi connectivity index (χ3n) is 4.95. The Kier molecular flexibility index (Phi) is 6.37. The number of carbonyl (C=O) groups is 2. The first-order valence-corrected chi connectivity index (χ1v) is 10.3. The van der Waals surface area contributed by atoms with Gasteiger partial charge in [0.1, 0.15) is 5.75 Å². The van der Waals surface area contributed by atoms with Crippen molar-refractivity contribution >= 4 is 46.6 Å². The van der Waals surface area contributed by atoms with E-state index in [1.807, 2.05) is 12.1 Å². The number of fused-ring (bicyclic) bond motifs is 1. The SMILES string of the molecule is O=C(/C=C/c1ccc([N+](=O)[O-])cc1)Nc1ccc2c(c1)N(Cc1ccc(Cl)cc1)C(=O)CO2. The molecular weight excluding hydrogens is 446 g/mol. The van der Waals surface area contributed by atoms with Crippen LogP contribution in [-0.2, 0) is 16.1 Å². The molecule has 9 heteroatoms. The maximum absolute atomic E-state index is 12.5. The minimum atomic E-state index is -0.485. The number of hydrogen-bond acceptors (Lipinski definition) is 5. The zero-order chi connectivity index (χ0) is 23.4. The molecule has 3 aromatic carbocycles. The number of nitrogens with one attached hydrogen (secondary N) is 1. The van der Waals surface area contributed by atoms with Crippen LogP contribution in [0.3, 0.4) is 0 Å². The summed E-state index contributed by atoms with van der Waals surface area (Å²) < 4.78 is 5.53. The predicted octanol–water partition coefficient (Wildman–Crippen LogP) is 4.83. The number of ether oxygens (including phenoxy) is 1. The second-order valence-electron chi connectivity index (χ2n) is 7.25. The van der Waals surface area contributed by atoms with Crippen LogP contribution in [0.25, 0.3) is 6.08 Å². The van der Waals surface area contributed by atoms with Gasteiger partial charge in [-0.05, 0) is 59.7 Å². The van der Waals surface area contributed by atoms with Gasteiger partial charge in [0, 0.05) is 28.9 Å². The maximum atomic E-state index is 12.5. The quantitative estimate of drug-likeness (QED) is 0.320. The number of carbonyl (C=O) groups excluding carboxylic acids is 2. The first kappa shape index (κ1) is 22.0. The van der Waals surface area contributed by atoms with Gasteiger partial charge in [0.25, 0.3) is 11.6 Å². The third kappa shape index (κ3) is 5.36. The molecule has 0 saturated heterocycles. The Morgan fingerprint density at radius 1 is 1.12 bits per heavy atom. The van der Waals surface area contributed by atoms with Gasteiger partial charge < -0.3 is 15.0 Å². The van der Waals surface area contributed by atoms with E-state index in [1.54, 1.807) is 53.4 Å². The van der Waals surface area contributed by atoms with Crippen molar-refractivity contribution in [3.8, 4) is 5.75 Å². The molecule has 1 heterocycles. The highest BCUT2D eigenvalue weighted by Crippen LogP contribution is 2.35. The predicted molar refractivity (Wildman–Crippen MR) is 125 cm³/mol. The molecule has 166 valence electrons. The Labute approximate surface area is 194 Å². The van der Waals surface area contributed by atoms with Gasteiger partial charge in [-0.1, -0.05) is 23.7 Å². The molecule has 3 aromatic rings.